The van der Waals surface area contributed by atoms with Gasteiger partial charge in [-0.15, -0.1) is 0 Å². The number of aromatic nitrogens is 5. The lowest BCUT2D eigenvalue weighted by molar-refractivity contribution is 1.10. The summed E-state index contributed by atoms with van der Waals surface area (Å²) in [6, 6.07) is 68.0. The van der Waals surface area contributed by atoms with Crippen LogP contribution in [0.5, 0.6) is 0 Å². The smallest absolute Gasteiger partial charge is 0.145 e. The number of para-hydroxylation sites is 2. The number of pyridine rings is 2. The van der Waals surface area contributed by atoms with E-state index in [0.29, 0.717) is 0 Å². The van der Waals surface area contributed by atoms with Gasteiger partial charge in [-0.05, 0) is 52.9 Å². The fourth-order valence-electron chi connectivity index (χ4n) is 8.12. The Morgan fingerprint density at radius 2 is 0.964 bits per heavy atom. The number of fused-ring (bicyclic) bond motifs is 6. The van der Waals surface area contributed by atoms with Crippen LogP contribution < -0.4 is 0 Å². The van der Waals surface area contributed by atoms with E-state index in [0.717, 1.165) is 100 Å². The monoisotopic (exact) mass is 715 g/mol. The maximum atomic E-state index is 5.44. The number of benzene rings is 7. The van der Waals surface area contributed by atoms with Crippen molar-refractivity contribution in [3.63, 3.8) is 0 Å². The molecule has 0 saturated carbocycles. The van der Waals surface area contributed by atoms with Crippen LogP contribution in [-0.4, -0.2) is 23.9 Å². The van der Waals surface area contributed by atoms with Gasteiger partial charge in [-0.25, -0.2) is 15.0 Å². The van der Waals surface area contributed by atoms with Gasteiger partial charge in [-0.1, -0.05) is 158 Å². The average molecular weight is 716 g/mol. The highest BCUT2D eigenvalue weighted by Gasteiger charge is 2.21. The van der Waals surface area contributed by atoms with Gasteiger partial charge in [0.2, 0.25) is 0 Å². The topological polar surface area (TPSA) is 48.0 Å². The Bertz CT molecular complexity index is 3200. The number of rotatable bonds is 6. The van der Waals surface area contributed by atoms with E-state index in [1.165, 1.54) is 0 Å². The zero-order valence-corrected chi connectivity index (χ0v) is 30.3. The van der Waals surface area contributed by atoms with Crippen LogP contribution in [0, 0.1) is 0 Å². The van der Waals surface area contributed by atoms with E-state index in [1.54, 1.807) is 0 Å². The van der Waals surface area contributed by atoms with Crippen LogP contribution in [0.3, 0.4) is 0 Å². The molecule has 11 aromatic rings. The van der Waals surface area contributed by atoms with E-state index in [9.17, 15) is 0 Å². The average Bonchev–Trinajstić information content (AvgIpc) is 3.87. The van der Waals surface area contributed by atoms with Crippen molar-refractivity contribution in [2.24, 2.45) is 0 Å². The number of imidazole rings is 2. The van der Waals surface area contributed by atoms with Crippen LogP contribution in [0.15, 0.2) is 200 Å². The molecule has 11 rings (SSSR count). The Morgan fingerprint density at radius 3 is 1.70 bits per heavy atom. The quantitative estimate of drug-likeness (QED) is 0.161. The maximum Gasteiger partial charge on any atom is 0.145 e. The minimum absolute atomic E-state index is 0.900. The third-order valence-electron chi connectivity index (χ3n) is 10.8. The van der Waals surface area contributed by atoms with Gasteiger partial charge in [0.25, 0.3) is 0 Å². The van der Waals surface area contributed by atoms with Gasteiger partial charge in [-0.3, -0.25) is 8.97 Å². The van der Waals surface area contributed by atoms with Crippen molar-refractivity contribution >= 4 is 38.4 Å². The molecule has 0 fully saturated rings. The molecule has 0 N–H and O–H groups in total. The highest BCUT2D eigenvalue weighted by atomic mass is 15.1. The Hall–Kier alpha value is -7.63. The van der Waals surface area contributed by atoms with E-state index in [-0.39, 0.29) is 0 Å². The van der Waals surface area contributed by atoms with Crippen LogP contribution >= 0.6 is 0 Å². The van der Waals surface area contributed by atoms with Crippen LogP contribution in [0.25, 0.3) is 100 Å². The molecule has 56 heavy (non-hydrogen) atoms. The summed E-state index contributed by atoms with van der Waals surface area (Å²) < 4.78 is 4.45. The first-order chi connectivity index (χ1) is 27.8. The Balaban J connectivity index is 1.04. The molecule has 7 aromatic carbocycles. The molecule has 4 heterocycles. The van der Waals surface area contributed by atoms with Gasteiger partial charge in [0.1, 0.15) is 11.5 Å². The summed E-state index contributed by atoms with van der Waals surface area (Å²) in [7, 11) is 0. The molecule has 0 amide bonds. The van der Waals surface area contributed by atoms with Gasteiger partial charge in [0.05, 0.1) is 33.6 Å². The fraction of sp³-hybridized carbons (Fsp3) is 0. The second-order valence-electron chi connectivity index (χ2n) is 14.1. The van der Waals surface area contributed by atoms with E-state index in [1.807, 2.05) is 18.2 Å². The van der Waals surface area contributed by atoms with Gasteiger partial charge < -0.3 is 0 Å². The molecular formula is C51H33N5. The molecule has 5 heteroatoms. The lowest BCUT2D eigenvalue weighted by atomic mass is 9.96. The molecule has 4 aromatic heterocycles. The van der Waals surface area contributed by atoms with Crippen LogP contribution in [-0.2, 0) is 0 Å². The highest BCUT2D eigenvalue weighted by molar-refractivity contribution is 6.20. The van der Waals surface area contributed by atoms with E-state index in [4.69, 9.17) is 15.0 Å². The second kappa shape index (κ2) is 13.0. The third kappa shape index (κ3) is 5.21. The summed E-state index contributed by atoms with van der Waals surface area (Å²) in [5.41, 5.74) is 14.5. The first-order valence-corrected chi connectivity index (χ1v) is 18.9. The van der Waals surface area contributed by atoms with Gasteiger partial charge in [0, 0.05) is 44.9 Å². The zero-order chi connectivity index (χ0) is 37.0. The molecule has 0 aliphatic carbocycles. The van der Waals surface area contributed by atoms with E-state index in [2.05, 4.69) is 191 Å². The first-order valence-electron chi connectivity index (χ1n) is 18.9. The van der Waals surface area contributed by atoms with Gasteiger partial charge in [-0.2, -0.15) is 0 Å². The van der Waals surface area contributed by atoms with Crippen molar-refractivity contribution in [3.8, 4) is 62.0 Å². The summed E-state index contributed by atoms with van der Waals surface area (Å²) in [6.07, 6.45) is 2.09. The highest BCUT2D eigenvalue weighted by Crippen LogP contribution is 2.40. The molecule has 0 bridgehead atoms. The Kier molecular flexibility index (Phi) is 7.42. The van der Waals surface area contributed by atoms with Crippen molar-refractivity contribution in [1.82, 2.24) is 23.9 Å². The molecule has 0 unspecified atom stereocenters. The third-order valence-corrected chi connectivity index (χ3v) is 10.8. The van der Waals surface area contributed by atoms with E-state index < -0.39 is 0 Å². The zero-order valence-electron chi connectivity index (χ0n) is 30.3. The molecule has 0 aliphatic heterocycles. The molecule has 0 aliphatic rings. The van der Waals surface area contributed by atoms with Crippen molar-refractivity contribution in [2.45, 2.75) is 0 Å². The summed E-state index contributed by atoms with van der Waals surface area (Å²) in [5, 5.41) is 3.30. The van der Waals surface area contributed by atoms with Gasteiger partial charge >= 0.3 is 0 Å². The summed E-state index contributed by atoms with van der Waals surface area (Å²) in [4.78, 5) is 15.8. The molecule has 0 spiro atoms. The predicted molar refractivity (Wildman–Crippen MR) is 230 cm³/mol. The SMILES string of the molecule is c1ccc(-c2nc3ccccn3c2-c2ccc(-c3ccc(-c4nc5ccccc5c5ccc6c(nc(-c7ccccc7)n6-c6ccccc6)c45)cc3)cc2)cc1. The second-order valence-corrected chi connectivity index (χ2v) is 14.1. The molecule has 0 radical (unpaired) electrons. The minimum Gasteiger partial charge on any atom is -0.299 e. The van der Waals surface area contributed by atoms with Gasteiger partial charge in [0.15, 0.2) is 0 Å². The lowest BCUT2D eigenvalue weighted by Gasteiger charge is -2.13. The number of hydrogen-bond donors (Lipinski definition) is 0. The molecule has 262 valence electrons. The molecular weight excluding hydrogens is 683 g/mol. The van der Waals surface area contributed by atoms with Crippen LogP contribution in [0.1, 0.15) is 0 Å². The predicted octanol–water partition coefficient (Wildman–Crippen LogP) is 12.7. The van der Waals surface area contributed by atoms with E-state index >= 15 is 0 Å². The van der Waals surface area contributed by atoms with Crippen molar-refractivity contribution < 1.29 is 0 Å². The summed E-state index contributed by atoms with van der Waals surface area (Å²) in [5.74, 6) is 0.900. The number of nitrogens with zero attached hydrogens (tertiary/aromatic N) is 5. The fourth-order valence-corrected chi connectivity index (χ4v) is 8.12. The summed E-state index contributed by atoms with van der Waals surface area (Å²) >= 11 is 0. The first kappa shape index (κ1) is 31.9. The Morgan fingerprint density at radius 1 is 0.375 bits per heavy atom. The summed E-state index contributed by atoms with van der Waals surface area (Å²) in [6.45, 7) is 0. The maximum absolute atomic E-state index is 5.44. The molecule has 0 atom stereocenters. The van der Waals surface area contributed by atoms with Crippen molar-refractivity contribution in [3.05, 3.63) is 200 Å². The minimum atomic E-state index is 0.900. The lowest BCUT2D eigenvalue weighted by Crippen LogP contribution is -1.97. The largest absolute Gasteiger partial charge is 0.299 e. The van der Waals surface area contributed by atoms with Crippen molar-refractivity contribution in [2.75, 3.05) is 0 Å². The normalized spacial score (nSPS) is 11.6. The molecule has 0 saturated heterocycles. The van der Waals surface area contributed by atoms with Crippen molar-refractivity contribution in [1.29, 1.82) is 0 Å². The van der Waals surface area contributed by atoms with Crippen LogP contribution in [0.4, 0.5) is 0 Å². The number of hydrogen-bond acceptors (Lipinski definition) is 3. The van der Waals surface area contributed by atoms with Crippen LogP contribution in [0.2, 0.25) is 0 Å². The standard InChI is InChI=1S/C51H33N5/c1-4-14-36(15-5-1)48-50(55-33-13-12-22-45(55)53-48)38-29-25-35(26-30-38)34-23-27-37(28-24-34)47-46-42(41-20-10-11-21-43(41)52-47)31-32-44-49(46)54-51(39-16-6-2-7-17-39)56(44)40-18-8-3-9-19-40/h1-33H. The Labute approximate surface area is 323 Å². The molecule has 5 nitrogen and oxygen atoms in total.